The molecule has 0 heterocycles. The van der Waals surface area contributed by atoms with Crippen molar-refractivity contribution in [2.45, 2.75) is 0 Å². The third-order valence-electron chi connectivity index (χ3n) is 7.32. The van der Waals surface area contributed by atoms with Crippen molar-refractivity contribution in [3.05, 3.63) is 121 Å². The zero-order chi connectivity index (χ0) is 35.1. The Balaban J connectivity index is 0.000000795. The first-order valence-corrected chi connectivity index (χ1v) is 18.1. The van der Waals surface area contributed by atoms with Gasteiger partial charge in [0, 0.05) is 34.7 Å². The van der Waals surface area contributed by atoms with Gasteiger partial charge in [0.1, 0.15) is 6.15 Å². The van der Waals surface area contributed by atoms with Crippen LogP contribution < -0.4 is 32.5 Å². The van der Waals surface area contributed by atoms with Gasteiger partial charge in [-0.3, -0.25) is 0 Å². The van der Waals surface area contributed by atoms with Gasteiger partial charge in [0.05, 0.1) is 31.4 Å². The van der Waals surface area contributed by atoms with Crippen LogP contribution in [0.3, 0.4) is 0 Å². The van der Waals surface area contributed by atoms with E-state index >= 15 is 0 Å². The number of nitrogens with one attached hydrogen (secondary N) is 1. The van der Waals surface area contributed by atoms with Crippen LogP contribution in [-0.2, 0) is 42.0 Å². The standard InChI is InChI=1S/C24H20B.C6H14Cl2N2.2C3H7NS2.Co/c1-5-13-21(14-6-1)25(22-15-7-2-8-16-22,23-17-9-3-10-18-23)24-19-11-4-12-20-24;7-1-4-10(5-2-8)6-3-9;2*1-4(2)3(5)6;/h1-20H;1-6,9H2;2*1-2H3,(H,5,6);/q-1;;;;+2/p-1. The molecule has 0 fully saturated rings. The molecular weight excluding hydrogens is 757 g/mol. The fourth-order valence-corrected chi connectivity index (χ4v) is 5.50. The van der Waals surface area contributed by atoms with Crippen molar-refractivity contribution < 1.29 is 21.7 Å². The first-order chi connectivity index (χ1) is 22.6. The van der Waals surface area contributed by atoms with E-state index in [2.05, 4.69) is 171 Å². The fourth-order valence-electron chi connectivity index (χ4n) is 4.97. The number of hydrogen-bond donors (Lipinski definition) is 2. The number of rotatable bonds is 10. The Labute approximate surface area is 331 Å². The van der Waals surface area contributed by atoms with E-state index in [1.807, 2.05) is 28.2 Å². The van der Waals surface area contributed by atoms with Gasteiger partial charge < -0.3 is 70.1 Å². The van der Waals surface area contributed by atoms with Crippen molar-refractivity contribution in [3.8, 4) is 0 Å². The maximum absolute atomic E-state index is 5.56. The monoisotopic (exact) mass is 803 g/mol. The predicted octanol–water partition coefficient (Wildman–Crippen LogP) is 3.13. The van der Waals surface area contributed by atoms with Crippen LogP contribution in [0.2, 0.25) is 0 Å². The van der Waals surface area contributed by atoms with Gasteiger partial charge in [-0.15, -0.1) is 23.2 Å². The maximum atomic E-state index is 5.56. The van der Waals surface area contributed by atoms with E-state index in [0.717, 1.165) is 19.6 Å². The predicted molar refractivity (Wildman–Crippen MR) is 223 cm³/mol. The van der Waals surface area contributed by atoms with Crippen LogP contribution in [-0.4, -0.2) is 90.7 Å². The van der Waals surface area contributed by atoms with Crippen LogP contribution in [0.5, 0.6) is 0 Å². The van der Waals surface area contributed by atoms with E-state index in [1.165, 1.54) is 26.8 Å². The van der Waals surface area contributed by atoms with Crippen molar-refractivity contribution in [1.82, 2.24) is 9.80 Å². The summed E-state index contributed by atoms with van der Waals surface area (Å²) in [5, 5.41) is 0. The van der Waals surface area contributed by atoms with Crippen LogP contribution >= 0.6 is 47.6 Å². The van der Waals surface area contributed by atoms with Gasteiger partial charge in [-0.1, -0.05) is 130 Å². The van der Waals surface area contributed by atoms with Gasteiger partial charge in [-0.05, 0) is 0 Å². The van der Waals surface area contributed by atoms with Gasteiger partial charge >= 0.3 is 16.8 Å². The summed E-state index contributed by atoms with van der Waals surface area (Å²) in [4.78, 5) is 4.82. The van der Waals surface area contributed by atoms with Crippen molar-refractivity contribution in [2.75, 3.05) is 66.1 Å². The molecule has 4 rings (SSSR count). The smallest absolute Gasteiger partial charge is 0.411 e. The molecule has 0 atom stereocenters. The molecule has 0 aliphatic carbocycles. The average molecular weight is 805 g/mol. The molecule has 0 bridgehead atoms. The number of alkyl halides is 2. The van der Waals surface area contributed by atoms with E-state index in [4.69, 9.17) is 28.9 Å². The van der Waals surface area contributed by atoms with Gasteiger partial charge in [0.15, 0.2) is 0 Å². The quantitative estimate of drug-likeness (QED) is 0.111. The third kappa shape index (κ3) is 16.3. The van der Waals surface area contributed by atoms with Crippen LogP contribution in [0.15, 0.2) is 121 Å². The first kappa shape index (κ1) is 46.2. The van der Waals surface area contributed by atoms with Crippen LogP contribution in [0, 0.1) is 0 Å². The van der Waals surface area contributed by atoms with Gasteiger partial charge in [-0.25, -0.2) is 0 Å². The SMILES string of the molecule is CN(C)C(=S)[S-].CN(C)C(=S)[S-].NCC[NH+](CCCl)CCCl.[Co+2].c1ccc([B-](c2ccccc2)(c2ccccc2)c2ccccc2)cc1. The molecule has 0 aliphatic rings. The maximum Gasteiger partial charge on any atom is 2.00 e. The minimum Gasteiger partial charge on any atom is -0.411 e. The molecular formula is C36H47BCl2CoN4S4. The molecule has 0 aromatic heterocycles. The Morgan fingerprint density at radius 2 is 0.812 bits per heavy atom. The van der Waals surface area contributed by atoms with Gasteiger partial charge in [0.2, 0.25) is 0 Å². The minimum atomic E-state index is -1.22. The molecule has 4 aromatic carbocycles. The Hall–Kier alpha value is -1.83. The Kier molecular flexibility index (Phi) is 25.9. The number of hydrogen-bond acceptors (Lipinski definition) is 5. The number of benzene rings is 4. The van der Waals surface area contributed by atoms with Crippen LogP contribution in [0.4, 0.5) is 0 Å². The van der Waals surface area contributed by atoms with Crippen LogP contribution in [0.1, 0.15) is 0 Å². The molecule has 0 saturated carbocycles. The van der Waals surface area contributed by atoms with E-state index in [-0.39, 0.29) is 16.8 Å². The molecule has 0 saturated heterocycles. The number of thiocarbonyl (C=S) groups is 2. The average Bonchev–Trinajstić information content (AvgIpc) is 3.08. The molecule has 261 valence electrons. The topological polar surface area (TPSA) is 36.9 Å². The van der Waals surface area contributed by atoms with Crippen molar-refractivity contribution >= 4 is 110 Å². The normalized spacial score (nSPS) is 10.0. The molecule has 0 aliphatic heterocycles. The van der Waals surface area contributed by atoms with Crippen molar-refractivity contribution in [2.24, 2.45) is 5.73 Å². The largest absolute Gasteiger partial charge is 2.00 e. The van der Waals surface area contributed by atoms with Gasteiger partial charge in [0.25, 0.3) is 0 Å². The van der Waals surface area contributed by atoms with Crippen molar-refractivity contribution in [1.29, 1.82) is 0 Å². The van der Waals surface area contributed by atoms with Gasteiger partial charge in [-0.2, -0.15) is 21.9 Å². The Morgan fingerprint density at radius 1 is 0.583 bits per heavy atom. The second kappa shape index (κ2) is 27.0. The van der Waals surface area contributed by atoms with Crippen molar-refractivity contribution in [3.63, 3.8) is 0 Å². The summed E-state index contributed by atoms with van der Waals surface area (Å²) in [6, 6.07) is 43.5. The molecule has 3 N–H and O–H groups in total. The molecule has 12 heteroatoms. The zero-order valence-electron chi connectivity index (χ0n) is 28.1. The summed E-state index contributed by atoms with van der Waals surface area (Å²) >= 11 is 29.4. The summed E-state index contributed by atoms with van der Waals surface area (Å²) in [5.74, 6) is 1.37. The summed E-state index contributed by atoms with van der Waals surface area (Å²) in [5.41, 5.74) is 10.7. The second-order valence-corrected chi connectivity index (χ2v) is 13.8. The molecule has 48 heavy (non-hydrogen) atoms. The van der Waals surface area contributed by atoms with Crippen LogP contribution in [0.25, 0.3) is 0 Å². The molecule has 4 aromatic rings. The fraction of sp³-hybridized carbons (Fsp3) is 0.278. The number of nitrogens with zero attached hydrogens (tertiary/aromatic N) is 2. The molecule has 4 nitrogen and oxygen atoms in total. The summed E-state index contributed by atoms with van der Waals surface area (Å²) in [6.07, 6.45) is -1.22. The Bertz CT molecular complexity index is 1200. The van der Waals surface area contributed by atoms with E-state index < -0.39 is 6.15 Å². The third-order valence-corrected chi connectivity index (χ3v) is 9.16. The molecule has 0 amide bonds. The summed E-state index contributed by atoms with van der Waals surface area (Å²) in [6.45, 7) is 3.61. The second-order valence-electron chi connectivity index (χ2n) is 11.0. The zero-order valence-corrected chi connectivity index (χ0v) is 33.9. The number of quaternary nitrogens is 1. The van der Waals surface area contributed by atoms with E-state index in [0.29, 0.717) is 26.9 Å². The summed E-state index contributed by atoms with van der Waals surface area (Å²) < 4.78 is 1.02. The first-order valence-electron chi connectivity index (χ1n) is 15.4. The van der Waals surface area contributed by atoms with E-state index in [1.54, 1.807) is 9.80 Å². The molecule has 0 unspecified atom stereocenters. The molecule has 1 radical (unpaired) electrons. The van der Waals surface area contributed by atoms with E-state index in [9.17, 15) is 0 Å². The Morgan fingerprint density at radius 3 is 0.979 bits per heavy atom. The minimum absolute atomic E-state index is 0. The molecule has 0 spiro atoms. The number of halogens is 2. The summed E-state index contributed by atoms with van der Waals surface area (Å²) in [7, 11) is 7.31. The number of nitrogens with two attached hydrogens (primary N) is 1.